The minimum atomic E-state index is -0.823. The Kier molecular flexibility index (Phi) is 7.64. The van der Waals surface area contributed by atoms with Gasteiger partial charge in [0.15, 0.2) is 0 Å². The first kappa shape index (κ1) is 20.7. The van der Waals surface area contributed by atoms with Crippen LogP contribution in [0.3, 0.4) is 0 Å². The lowest BCUT2D eigenvalue weighted by Crippen LogP contribution is -2.58. The number of carbonyl (C=O) groups excluding carboxylic acids is 3. The number of ether oxygens (including phenoxy) is 2. The predicted molar refractivity (Wildman–Crippen MR) is 100 cm³/mol. The summed E-state index contributed by atoms with van der Waals surface area (Å²) in [5.74, 6) is 0.184. The van der Waals surface area contributed by atoms with Gasteiger partial charge in [-0.05, 0) is 30.0 Å². The molecule has 1 unspecified atom stereocenters. The highest BCUT2D eigenvalue weighted by Crippen LogP contribution is 2.16. The first-order valence-corrected chi connectivity index (χ1v) is 9.26. The fraction of sp³-hybridized carbons (Fsp3) is 0.550. The zero-order valence-corrected chi connectivity index (χ0v) is 16.2. The lowest BCUT2D eigenvalue weighted by Gasteiger charge is -2.34. The zero-order chi connectivity index (χ0) is 19.8. The molecule has 1 fully saturated rings. The van der Waals surface area contributed by atoms with Gasteiger partial charge in [0.1, 0.15) is 11.8 Å². The van der Waals surface area contributed by atoms with E-state index in [1.165, 1.54) is 4.90 Å². The molecule has 148 valence electrons. The second kappa shape index (κ2) is 9.94. The Balaban J connectivity index is 1.97. The van der Waals surface area contributed by atoms with Gasteiger partial charge in [-0.25, -0.2) is 0 Å². The second-order valence-corrected chi connectivity index (χ2v) is 7.03. The summed E-state index contributed by atoms with van der Waals surface area (Å²) in [7, 11) is 1.58. The summed E-state index contributed by atoms with van der Waals surface area (Å²) in [5.41, 5.74) is 0.824. The van der Waals surface area contributed by atoms with E-state index in [2.05, 4.69) is 5.32 Å². The molecule has 2 rings (SSSR count). The van der Waals surface area contributed by atoms with Crippen LogP contribution >= 0.6 is 0 Å². The lowest BCUT2D eigenvalue weighted by atomic mass is 10.1. The molecule has 2 amide bonds. The van der Waals surface area contributed by atoms with Crippen molar-refractivity contribution in [2.75, 3.05) is 26.8 Å². The number of benzene rings is 1. The maximum Gasteiger partial charge on any atom is 0.308 e. The van der Waals surface area contributed by atoms with Crippen molar-refractivity contribution >= 4 is 17.8 Å². The van der Waals surface area contributed by atoms with Gasteiger partial charge in [0, 0.05) is 13.1 Å². The Labute approximate surface area is 160 Å². The number of nitrogens with zero attached hydrogens (tertiary/aromatic N) is 1. The van der Waals surface area contributed by atoms with Crippen LogP contribution < -0.4 is 10.1 Å². The topological polar surface area (TPSA) is 84.9 Å². The Hall–Kier alpha value is -2.57. The summed E-state index contributed by atoms with van der Waals surface area (Å²) >= 11 is 0. The van der Waals surface area contributed by atoms with Gasteiger partial charge in [-0.15, -0.1) is 0 Å². The third-order valence-electron chi connectivity index (χ3n) is 4.48. The van der Waals surface area contributed by atoms with Crippen LogP contribution in [0.5, 0.6) is 5.75 Å². The van der Waals surface area contributed by atoms with E-state index in [0.717, 1.165) is 12.0 Å². The molecule has 0 saturated carbocycles. The molecule has 0 radical (unpaired) electrons. The first-order chi connectivity index (χ1) is 12.9. The average molecular weight is 376 g/mol. The summed E-state index contributed by atoms with van der Waals surface area (Å²) in [6, 6.07) is 6.38. The molecular weight excluding hydrogens is 348 g/mol. The van der Waals surface area contributed by atoms with E-state index < -0.39 is 12.0 Å². The van der Waals surface area contributed by atoms with Crippen molar-refractivity contribution in [3.05, 3.63) is 29.8 Å². The average Bonchev–Trinajstić information content (AvgIpc) is 2.63. The number of hydrogen-bond acceptors (Lipinski definition) is 5. The Bertz CT molecular complexity index is 657. The van der Waals surface area contributed by atoms with Crippen LogP contribution in [-0.2, 0) is 25.5 Å². The molecule has 1 aromatic rings. The van der Waals surface area contributed by atoms with Crippen LogP contribution in [0.4, 0.5) is 0 Å². The Morgan fingerprint density at radius 2 is 1.96 bits per heavy atom. The van der Waals surface area contributed by atoms with Crippen molar-refractivity contribution < 1.29 is 23.9 Å². The predicted octanol–water partition coefficient (Wildman–Crippen LogP) is 1.54. The fourth-order valence-corrected chi connectivity index (χ4v) is 2.86. The van der Waals surface area contributed by atoms with Crippen molar-refractivity contribution in [3.8, 4) is 5.75 Å². The highest BCUT2D eigenvalue weighted by Gasteiger charge is 2.35. The normalized spacial score (nSPS) is 16.8. The highest BCUT2D eigenvalue weighted by atomic mass is 16.5. The van der Waals surface area contributed by atoms with Crippen molar-refractivity contribution in [2.45, 2.75) is 39.2 Å². The quantitative estimate of drug-likeness (QED) is 0.696. The van der Waals surface area contributed by atoms with Gasteiger partial charge in [0.25, 0.3) is 0 Å². The molecule has 0 spiro atoms. The smallest absolute Gasteiger partial charge is 0.308 e. The number of piperazine rings is 1. The van der Waals surface area contributed by atoms with Crippen molar-refractivity contribution in [1.82, 2.24) is 10.2 Å². The Morgan fingerprint density at radius 3 is 2.59 bits per heavy atom. The molecule has 0 aromatic heterocycles. The van der Waals surface area contributed by atoms with Gasteiger partial charge in [0.05, 0.1) is 26.6 Å². The molecule has 1 aromatic carbocycles. The van der Waals surface area contributed by atoms with E-state index in [-0.39, 0.29) is 24.7 Å². The van der Waals surface area contributed by atoms with E-state index in [0.29, 0.717) is 31.4 Å². The van der Waals surface area contributed by atoms with Gasteiger partial charge in [-0.3, -0.25) is 14.4 Å². The number of rotatable bonds is 8. The maximum absolute atomic E-state index is 12.7. The summed E-state index contributed by atoms with van der Waals surface area (Å²) in [4.78, 5) is 38.5. The second-order valence-electron chi connectivity index (χ2n) is 7.03. The summed E-state index contributed by atoms with van der Waals surface area (Å²) in [6.45, 7) is 5.17. The third kappa shape index (κ3) is 6.27. The fourth-order valence-electron chi connectivity index (χ4n) is 2.86. The number of carbonyl (C=O) groups is 3. The van der Waals surface area contributed by atoms with Crippen molar-refractivity contribution in [2.24, 2.45) is 5.92 Å². The summed E-state index contributed by atoms with van der Waals surface area (Å²) in [6.07, 6.45) is 0.803. The summed E-state index contributed by atoms with van der Waals surface area (Å²) < 4.78 is 10.3. The summed E-state index contributed by atoms with van der Waals surface area (Å²) in [5, 5.41) is 2.72. The first-order valence-electron chi connectivity index (χ1n) is 9.26. The molecule has 1 saturated heterocycles. The van der Waals surface area contributed by atoms with Crippen molar-refractivity contribution in [1.29, 1.82) is 0 Å². The maximum atomic E-state index is 12.7. The standard InChI is InChI=1S/C20H28N2O5/c1-14(2)8-11-27-19(24)13-17-20(25)21-9-10-22(17)18(23)12-15-4-6-16(26-3)7-5-15/h4-7,14,17H,8-13H2,1-3H3,(H,21,25). The molecule has 1 aliphatic rings. The van der Waals surface area contributed by atoms with Gasteiger partial charge in [-0.2, -0.15) is 0 Å². The van der Waals surface area contributed by atoms with Crippen LogP contribution in [0, 0.1) is 5.92 Å². The van der Waals surface area contributed by atoms with E-state index in [4.69, 9.17) is 9.47 Å². The molecule has 7 nitrogen and oxygen atoms in total. The number of esters is 1. The van der Waals surface area contributed by atoms with Gasteiger partial charge in [0.2, 0.25) is 11.8 Å². The molecule has 27 heavy (non-hydrogen) atoms. The van der Waals surface area contributed by atoms with E-state index >= 15 is 0 Å². The number of amides is 2. The van der Waals surface area contributed by atoms with Gasteiger partial charge >= 0.3 is 5.97 Å². The van der Waals surface area contributed by atoms with E-state index in [1.807, 2.05) is 26.0 Å². The molecule has 0 aliphatic carbocycles. The molecule has 1 heterocycles. The minimum Gasteiger partial charge on any atom is -0.497 e. The number of hydrogen-bond donors (Lipinski definition) is 1. The number of nitrogens with one attached hydrogen (secondary N) is 1. The van der Waals surface area contributed by atoms with Crippen LogP contribution in [0.15, 0.2) is 24.3 Å². The molecule has 7 heteroatoms. The third-order valence-corrected chi connectivity index (χ3v) is 4.48. The van der Waals surface area contributed by atoms with Crippen LogP contribution in [0.25, 0.3) is 0 Å². The van der Waals surface area contributed by atoms with Crippen LogP contribution in [-0.4, -0.2) is 55.5 Å². The molecule has 0 bridgehead atoms. The van der Waals surface area contributed by atoms with Gasteiger partial charge < -0.3 is 19.7 Å². The monoisotopic (exact) mass is 376 g/mol. The van der Waals surface area contributed by atoms with Gasteiger partial charge in [-0.1, -0.05) is 26.0 Å². The van der Waals surface area contributed by atoms with E-state index in [9.17, 15) is 14.4 Å². The Morgan fingerprint density at radius 1 is 1.26 bits per heavy atom. The largest absolute Gasteiger partial charge is 0.497 e. The highest BCUT2D eigenvalue weighted by molar-refractivity contribution is 5.92. The van der Waals surface area contributed by atoms with Crippen molar-refractivity contribution in [3.63, 3.8) is 0 Å². The SMILES string of the molecule is COc1ccc(CC(=O)N2CCNC(=O)C2CC(=O)OCCC(C)C)cc1. The van der Waals surface area contributed by atoms with Crippen LogP contribution in [0.1, 0.15) is 32.3 Å². The number of methoxy groups -OCH3 is 1. The molecule has 1 aliphatic heterocycles. The minimum absolute atomic E-state index is 0.127. The van der Waals surface area contributed by atoms with Crippen LogP contribution in [0.2, 0.25) is 0 Å². The molecule has 1 N–H and O–H groups in total. The molecule has 1 atom stereocenters. The van der Waals surface area contributed by atoms with E-state index in [1.54, 1.807) is 19.2 Å². The lowest BCUT2D eigenvalue weighted by molar-refractivity contribution is -0.151. The zero-order valence-electron chi connectivity index (χ0n) is 16.2. The molecular formula is C20H28N2O5.